The van der Waals surface area contributed by atoms with Crippen molar-refractivity contribution in [2.45, 2.75) is 13.8 Å². The van der Waals surface area contributed by atoms with Crippen LogP contribution in [-0.4, -0.2) is 62.6 Å². The van der Waals surface area contributed by atoms with Crippen LogP contribution >= 0.6 is 11.6 Å². The first-order chi connectivity index (χ1) is 15.3. The van der Waals surface area contributed by atoms with E-state index in [1.54, 1.807) is 48.2 Å². The number of ether oxygens (including phenoxy) is 2. The van der Waals surface area contributed by atoms with Gasteiger partial charge in [0.1, 0.15) is 5.75 Å². The zero-order valence-corrected chi connectivity index (χ0v) is 19.1. The minimum atomic E-state index is -0.499. The lowest BCUT2D eigenvalue weighted by Crippen LogP contribution is -2.48. The highest BCUT2D eigenvalue weighted by molar-refractivity contribution is 6.31. The molecule has 1 fully saturated rings. The van der Waals surface area contributed by atoms with E-state index in [1.807, 2.05) is 6.92 Å². The van der Waals surface area contributed by atoms with Gasteiger partial charge in [-0.3, -0.25) is 9.59 Å². The van der Waals surface area contributed by atoms with Gasteiger partial charge in [-0.05, 0) is 48.9 Å². The highest BCUT2D eigenvalue weighted by atomic mass is 35.5. The van der Waals surface area contributed by atoms with Gasteiger partial charge in [-0.15, -0.1) is 0 Å². The number of carbonyl (C=O) groups is 3. The van der Waals surface area contributed by atoms with Crippen molar-refractivity contribution in [3.63, 3.8) is 0 Å². The van der Waals surface area contributed by atoms with Gasteiger partial charge in [-0.2, -0.15) is 0 Å². The van der Waals surface area contributed by atoms with Crippen molar-refractivity contribution >= 4 is 40.8 Å². The molecule has 1 saturated heterocycles. The fourth-order valence-electron chi connectivity index (χ4n) is 3.46. The average Bonchev–Trinajstić information content (AvgIpc) is 2.79. The summed E-state index contributed by atoms with van der Waals surface area (Å²) in [5, 5.41) is 3.46. The quantitative estimate of drug-likeness (QED) is 0.668. The largest absolute Gasteiger partial charge is 0.484 e. The predicted molar refractivity (Wildman–Crippen MR) is 123 cm³/mol. The fourth-order valence-corrected chi connectivity index (χ4v) is 3.58. The Hall–Kier alpha value is -3.26. The maximum atomic E-state index is 12.6. The van der Waals surface area contributed by atoms with Crippen LogP contribution in [0.1, 0.15) is 22.8 Å². The van der Waals surface area contributed by atoms with E-state index in [1.165, 1.54) is 7.11 Å². The zero-order chi connectivity index (χ0) is 23.3. The van der Waals surface area contributed by atoms with Crippen molar-refractivity contribution in [2.75, 3.05) is 50.1 Å². The number of nitrogens with zero attached hydrogens (tertiary/aromatic N) is 2. The molecule has 2 aromatic carbocycles. The Morgan fingerprint density at radius 1 is 1.06 bits per heavy atom. The number of methoxy groups -OCH3 is 1. The number of hydrogen-bond donors (Lipinski definition) is 1. The summed E-state index contributed by atoms with van der Waals surface area (Å²) < 4.78 is 10.4. The van der Waals surface area contributed by atoms with Gasteiger partial charge in [-0.1, -0.05) is 11.6 Å². The topological polar surface area (TPSA) is 88.2 Å². The third-order valence-corrected chi connectivity index (χ3v) is 5.68. The highest BCUT2D eigenvalue weighted by Crippen LogP contribution is 2.29. The monoisotopic (exact) mass is 459 g/mol. The molecule has 9 heteroatoms. The van der Waals surface area contributed by atoms with Crippen molar-refractivity contribution in [1.29, 1.82) is 0 Å². The molecule has 8 nitrogen and oxygen atoms in total. The van der Waals surface area contributed by atoms with Crippen LogP contribution in [0.3, 0.4) is 0 Å². The number of piperazine rings is 1. The van der Waals surface area contributed by atoms with Crippen molar-refractivity contribution in [2.24, 2.45) is 0 Å². The van der Waals surface area contributed by atoms with E-state index in [0.29, 0.717) is 48.2 Å². The lowest BCUT2D eigenvalue weighted by atomic mass is 10.1. The Bertz CT molecular complexity index is 1020. The van der Waals surface area contributed by atoms with Crippen LogP contribution in [0.4, 0.5) is 11.4 Å². The van der Waals surface area contributed by atoms with Crippen molar-refractivity contribution in [3.05, 3.63) is 52.5 Å². The first-order valence-electron chi connectivity index (χ1n) is 10.2. The summed E-state index contributed by atoms with van der Waals surface area (Å²) in [7, 11) is 1.30. The molecule has 2 aromatic rings. The van der Waals surface area contributed by atoms with Crippen LogP contribution in [0.2, 0.25) is 5.02 Å². The maximum Gasteiger partial charge on any atom is 0.337 e. The van der Waals surface area contributed by atoms with Crippen LogP contribution in [0, 0.1) is 6.92 Å². The minimum Gasteiger partial charge on any atom is -0.484 e. The number of esters is 1. The van der Waals surface area contributed by atoms with E-state index in [0.717, 1.165) is 11.3 Å². The molecule has 0 aromatic heterocycles. The fraction of sp³-hybridized carbons (Fsp3) is 0.348. The van der Waals surface area contributed by atoms with Crippen LogP contribution < -0.4 is 15.0 Å². The molecule has 0 aliphatic carbocycles. The molecule has 0 radical (unpaired) electrons. The molecule has 0 bridgehead atoms. The van der Waals surface area contributed by atoms with Gasteiger partial charge in [0.25, 0.3) is 5.91 Å². The van der Waals surface area contributed by atoms with Gasteiger partial charge < -0.3 is 24.6 Å². The molecule has 1 aliphatic rings. The summed E-state index contributed by atoms with van der Waals surface area (Å²) in [6, 6.07) is 10.2. The van der Waals surface area contributed by atoms with Crippen molar-refractivity contribution in [1.82, 2.24) is 4.90 Å². The maximum absolute atomic E-state index is 12.6. The molecule has 1 aliphatic heterocycles. The molecular weight excluding hydrogens is 434 g/mol. The lowest BCUT2D eigenvalue weighted by molar-refractivity contribution is -0.129. The molecule has 1 heterocycles. The Labute approximate surface area is 192 Å². The van der Waals surface area contributed by atoms with Gasteiger partial charge in [0, 0.05) is 38.1 Å². The smallest absolute Gasteiger partial charge is 0.337 e. The standard InChI is InChI=1S/C23H26ClN3O5/c1-15-12-18(5-6-19(15)24)32-14-22(29)25-20-13-17(23(30)31-3)4-7-21(20)27-10-8-26(9-11-27)16(2)28/h4-7,12-13H,8-11,14H2,1-3H3,(H,25,29). The molecular formula is C23H26ClN3O5. The van der Waals surface area contributed by atoms with E-state index in [4.69, 9.17) is 21.1 Å². The minimum absolute atomic E-state index is 0.0359. The molecule has 1 N–H and O–H groups in total. The Balaban J connectivity index is 1.74. The molecule has 3 rings (SSSR count). The van der Waals surface area contributed by atoms with E-state index in [2.05, 4.69) is 10.2 Å². The van der Waals surface area contributed by atoms with Gasteiger partial charge in [-0.25, -0.2) is 4.79 Å². The highest BCUT2D eigenvalue weighted by Gasteiger charge is 2.22. The number of nitrogens with one attached hydrogen (secondary N) is 1. The first kappa shape index (κ1) is 23.4. The van der Waals surface area contributed by atoms with Gasteiger partial charge in [0.2, 0.25) is 5.91 Å². The van der Waals surface area contributed by atoms with Crippen LogP contribution in [0.25, 0.3) is 0 Å². The molecule has 0 saturated carbocycles. The third kappa shape index (κ3) is 5.70. The number of rotatable bonds is 6. The van der Waals surface area contributed by atoms with E-state index < -0.39 is 5.97 Å². The van der Waals surface area contributed by atoms with E-state index in [9.17, 15) is 14.4 Å². The summed E-state index contributed by atoms with van der Waals surface area (Å²) in [6.07, 6.45) is 0. The zero-order valence-electron chi connectivity index (χ0n) is 18.3. The number of carbonyl (C=O) groups excluding carboxylic acids is 3. The molecule has 0 atom stereocenters. The summed E-state index contributed by atoms with van der Waals surface area (Å²) in [4.78, 5) is 40.1. The SMILES string of the molecule is COC(=O)c1ccc(N2CCN(C(C)=O)CC2)c(NC(=O)COc2ccc(Cl)c(C)c2)c1. The van der Waals surface area contributed by atoms with Crippen LogP contribution in [0.5, 0.6) is 5.75 Å². The van der Waals surface area contributed by atoms with E-state index >= 15 is 0 Å². The molecule has 0 unspecified atom stereocenters. The van der Waals surface area contributed by atoms with Crippen LogP contribution in [0.15, 0.2) is 36.4 Å². The van der Waals surface area contributed by atoms with E-state index in [-0.39, 0.29) is 18.4 Å². The number of aryl methyl sites for hydroxylation is 1. The number of halogens is 1. The number of benzene rings is 2. The van der Waals surface area contributed by atoms with Gasteiger partial charge in [0.15, 0.2) is 6.61 Å². The molecule has 32 heavy (non-hydrogen) atoms. The summed E-state index contributed by atoms with van der Waals surface area (Å²) in [6.45, 7) is 5.59. The van der Waals surface area contributed by atoms with Crippen molar-refractivity contribution in [3.8, 4) is 5.75 Å². The Kier molecular flexibility index (Phi) is 7.58. The second kappa shape index (κ2) is 10.4. The van der Waals surface area contributed by atoms with Crippen LogP contribution in [-0.2, 0) is 14.3 Å². The molecule has 170 valence electrons. The molecule has 2 amide bonds. The summed E-state index contributed by atoms with van der Waals surface area (Å²) in [5.41, 5.74) is 2.41. The first-order valence-corrected chi connectivity index (χ1v) is 10.6. The number of anilines is 2. The normalized spacial score (nSPS) is 13.5. The average molecular weight is 460 g/mol. The van der Waals surface area contributed by atoms with Gasteiger partial charge >= 0.3 is 5.97 Å². The van der Waals surface area contributed by atoms with Gasteiger partial charge in [0.05, 0.1) is 24.0 Å². The third-order valence-electron chi connectivity index (χ3n) is 5.26. The number of amides is 2. The summed E-state index contributed by atoms with van der Waals surface area (Å²) >= 11 is 6.02. The predicted octanol–water partition coefficient (Wildman–Crippen LogP) is 3.12. The Morgan fingerprint density at radius 2 is 1.78 bits per heavy atom. The number of hydrogen-bond acceptors (Lipinski definition) is 6. The lowest BCUT2D eigenvalue weighted by Gasteiger charge is -2.36. The second-order valence-corrected chi connectivity index (χ2v) is 7.87. The summed E-state index contributed by atoms with van der Waals surface area (Å²) in [5.74, 6) is -0.302. The van der Waals surface area contributed by atoms with Crippen molar-refractivity contribution < 1.29 is 23.9 Å². The Morgan fingerprint density at radius 3 is 2.41 bits per heavy atom. The molecule has 0 spiro atoms. The second-order valence-electron chi connectivity index (χ2n) is 7.46.